The van der Waals surface area contributed by atoms with Crippen molar-refractivity contribution in [1.29, 1.82) is 0 Å². The molecule has 0 spiro atoms. The standard InChI is InChI=1S/C22H27F3N4OS/c1-20(2)8-13-9-21(3,11-20)12-28(13)19(30)14-10-26-29-17(22(23,24)25)7-15(27-18(14)29)16-5-4-6-31-16/h4-6,10,13,15,17,27H,7-9,11-12H2,1-3H3/t13-,15-,17-,21+/m1/s1. The topological polar surface area (TPSA) is 50.2 Å². The van der Waals surface area contributed by atoms with Crippen molar-refractivity contribution in [3.05, 3.63) is 34.2 Å². The van der Waals surface area contributed by atoms with Crippen LogP contribution in [0.15, 0.2) is 23.7 Å². The molecule has 2 bridgehead atoms. The van der Waals surface area contributed by atoms with Gasteiger partial charge in [-0.25, -0.2) is 4.68 Å². The van der Waals surface area contributed by atoms with Crippen LogP contribution in [0.4, 0.5) is 19.0 Å². The van der Waals surface area contributed by atoms with Crippen LogP contribution in [0, 0.1) is 10.8 Å². The van der Waals surface area contributed by atoms with Crippen LogP contribution >= 0.6 is 11.3 Å². The molecular weight excluding hydrogens is 425 g/mol. The number of hydrogen-bond donors (Lipinski definition) is 1. The highest BCUT2D eigenvalue weighted by Crippen LogP contribution is 2.53. The maximum Gasteiger partial charge on any atom is 0.410 e. The highest BCUT2D eigenvalue weighted by atomic mass is 32.1. The average Bonchev–Trinajstić information content (AvgIpc) is 3.36. The van der Waals surface area contributed by atoms with Crippen molar-refractivity contribution in [2.24, 2.45) is 10.8 Å². The Hall–Kier alpha value is -2.03. The van der Waals surface area contributed by atoms with Crippen LogP contribution in [0.1, 0.15) is 73.8 Å². The molecule has 1 aliphatic carbocycles. The Balaban J connectivity index is 1.50. The van der Waals surface area contributed by atoms with E-state index in [4.69, 9.17) is 0 Å². The zero-order chi connectivity index (χ0) is 22.2. The minimum Gasteiger partial charge on any atom is -0.362 e. The van der Waals surface area contributed by atoms with E-state index < -0.39 is 18.3 Å². The van der Waals surface area contributed by atoms with Gasteiger partial charge in [0.05, 0.1) is 12.2 Å². The summed E-state index contributed by atoms with van der Waals surface area (Å²) in [7, 11) is 0. The minimum atomic E-state index is -4.44. The molecule has 2 aliphatic heterocycles. The zero-order valence-electron chi connectivity index (χ0n) is 17.9. The minimum absolute atomic E-state index is 0.0523. The second-order valence-electron chi connectivity index (χ2n) is 10.5. The first-order valence-electron chi connectivity index (χ1n) is 10.7. The molecule has 9 heteroatoms. The molecule has 1 amide bonds. The lowest BCUT2D eigenvalue weighted by molar-refractivity contribution is -0.173. The molecule has 1 saturated carbocycles. The average molecular weight is 453 g/mol. The second-order valence-corrected chi connectivity index (χ2v) is 11.5. The summed E-state index contributed by atoms with van der Waals surface area (Å²) in [4.78, 5) is 16.3. The highest BCUT2D eigenvalue weighted by molar-refractivity contribution is 7.10. The molecular formula is C22H27F3N4OS. The first kappa shape index (κ1) is 20.8. The molecule has 1 N–H and O–H groups in total. The normalized spacial score (nSPS) is 31.9. The Morgan fingerprint density at radius 3 is 2.74 bits per heavy atom. The van der Waals surface area contributed by atoms with E-state index in [2.05, 4.69) is 31.2 Å². The second kappa shape index (κ2) is 6.73. The van der Waals surface area contributed by atoms with Crippen LogP contribution in [-0.4, -0.2) is 39.4 Å². The predicted molar refractivity (Wildman–Crippen MR) is 113 cm³/mol. The van der Waals surface area contributed by atoms with Gasteiger partial charge in [0.25, 0.3) is 5.91 Å². The number of carbonyl (C=O) groups is 1. The Labute approximate surface area is 183 Å². The van der Waals surface area contributed by atoms with E-state index in [9.17, 15) is 18.0 Å². The van der Waals surface area contributed by atoms with Gasteiger partial charge in [-0.05, 0) is 41.5 Å². The molecule has 3 aliphatic rings. The number of halogens is 3. The molecule has 2 fully saturated rings. The first-order chi connectivity index (χ1) is 14.5. The number of hydrogen-bond acceptors (Lipinski definition) is 4. The number of likely N-dealkylation sites (tertiary alicyclic amines) is 1. The summed E-state index contributed by atoms with van der Waals surface area (Å²) in [6.45, 7) is 7.32. The van der Waals surface area contributed by atoms with Gasteiger partial charge in [0.2, 0.25) is 0 Å². The van der Waals surface area contributed by atoms with Crippen LogP contribution in [0.2, 0.25) is 0 Å². The fourth-order valence-corrected chi connectivity index (χ4v) is 7.04. The maximum atomic E-state index is 13.9. The molecule has 0 unspecified atom stereocenters. The summed E-state index contributed by atoms with van der Waals surface area (Å²) >= 11 is 1.42. The predicted octanol–water partition coefficient (Wildman–Crippen LogP) is 5.65. The molecule has 168 valence electrons. The number of fused-ring (bicyclic) bond motifs is 3. The molecule has 2 aromatic heterocycles. The van der Waals surface area contributed by atoms with Gasteiger partial charge < -0.3 is 10.2 Å². The van der Waals surface area contributed by atoms with E-state index in [0.717, 1.165) is 28.8 Å². The van der Waals surface area contributed by atoms with Crippen molar-refractivity contribution >= 4 is 23.1 Å². The van der Waals surface area contributed by atoms with E-state index in [1.54, 1.807) is 0 Å². The molecule has 5 rings (SSSR count). The number of anilines is 1. The lowest BCUT2D eigenvalue weighted by Crippen LogP contribution is -2.39. The fraction of sp³-hybridized carbons (Fsp3) is 0.636. The molecule has 5 nitrogen and oxygen atoms in total. The number of thiophene rings is 1. The number of rotatable bonds is 2. The Bertz CT molecular complexity index is 999. The lowest BCUT2D eigenvalue weighted by atomic mass is 9.65. The number of carbonyl (C=O) groups excluding carboxylic acids is 1. The number of alkyl halides is 3. The van der Waals surface area contributed by atoms with E-state index in [1.165, 1.54) is 17.5 Å². The smallest absolute Gasteiger partial charge is 0.362 e. The summed E-state index contributed by atoms with van der Waals surface area (Å²) in [6.07, 6.45) is -0.376. The number of nitrogens with zero attached hydrogens (tertiary/aromatic N) is 3. The third kappa shape index (κ3) is 3.54. The number of nitrogens with one attached hydrogen (secondary N) is 1. The Morgan fingerprint density at radius 2 is 2.06 bits per heavy atom. The van der Waals surface area contributed by atoms with Crippen LogP contribution in [0.25, 0.3) is 0 Å². The SMILES string of the molecule is CC1(C)C[C@@H]2C[C@](C)(CN2C(=O)c2cnn3c2N[C@@H](c2cccs2)C[C@@H]3C(F)(F)F)C1. The third-order valence-corrected chi connectivity index (χ3v) is 8.02. The Kier molecular flexibility index (Phi) is 4.53. The monoisotopic (exact) mass is 452 g/mol. The maximum absolute atomic E-state index is 13.9. The molecule has 0 radical (unpaired) electrons. The zero-order valence-corrected chi connectivity index (χ0v) is 18.7. The summed E-state index contributed by atoms with van der Waals surface area (Å²) in [5, 5.41) is 9.09. The Morgan fingerprint density at radius 1 is 1.29 bits per heavy atom. The highest BCUT2D eigenvalue weighted by Gasteiger charge is 2.52. The van der Waals surface area contributed by atoms with Crippen LogP contribution < -0.4 is 5.32 Å². The van der Waals surface area contributed by atoms with Crippen molar-refractivity contribution in [2.75, 3.05) is 11.9 Å². The lowest BCUT2D eigenvalue weighted by Gasteiger charge is -2.39. The van der Waals surface area contributed by atoms with Gasteiger partial charge in [0.15, 0.2) is 6.04 Å². The van der Waals surface area contributed by atoms with E-state index in [-0.39, 0.29) is 40.6 Å². The largest absolute Gasteiger partial charge is 0.410 e. The first-order valence-corrected chi connectivity index (χ1v) is 11.6. The van der Waals surface area contributed by atoms with Gasteiger partial charge in [-0.15, -0.1) is 11.3 Å². The van der Waals surface area contributed by atoms with E-state index >= 15 is 0 Å². The van der Waals surface area contributed by atoms with Crippen molar-refractivity contribution in [1.82, 2.24) is 14.7 Å². The van der Waals surface area contributed by atoms with Crippen molar-refractivity contribution in [2.45, 2.75) is 70.8 Å². The van der Waals surface area contributed by atoms with Crippen molar-refractivity contribution in [3.63, 3.8) is 0 Å². The summed E-state index contributed by atoms with van der Waals surface area (Å²) in [5.74, 6) is -0.0317. The van der Waals surface area contributed by atoms with Gasteiger partial charge >= 0.3 is 6.18 Å². The summed E-state index contributed by atoms with van der Waals surface area (Å²) in [5.41, 5.74) is 0.440. The number of amides is 1. The van der Waals surface area contributed by atoms with Gasteiger partial charge in [-0.1, -0.05) is 26.8 Å². The molecule has 0 aromatic carbocycles. The molecule has 31 heavy (non-hydrogen) atoms. The summed E-state index contributed by atoms with van der Waals surface area (Å²) < 4.78 is 42.6. The quantitative estimate of drug-likeness (QED) is 0.641. The van der Waals surface area contributed by atoms with Gasteiger partial charge in [-0.2, -0.15) is 18.3 Å². The molecule has 2 aromatic rings. The van der Waals surface area contributed by atoms with Crippen molar-refractivity contribution < 1.29 is 18.0 Å². The summed E-state index contributed by atoms with van der Waals surface area (Å²) in [6, 6.07) is 1.51. The fourth-order valence-electron chi connectivity index (χ4n) is 6.25. The van der Waals surface area contributed by atoms with Gasteiger partial charge in [0, 0.05) is 23.9 Å². The van der Waals surface area contributed by atoms with E-state index in [0.29, 0.717) is 6.54 Å². The van der Waals surface area contributed by atoms with Crippen molar-refractivity contribution in [3.8, 4) is 0 Å². The van der Waals surface area contributed by atoms with Gasteiger partial charge in [0.1, 0.15) is 11.4 Å². The molecule has 4 heterocycles. The van der Waals surface area contributed by atoms with E-state index in [1.807, 2.05) is 22.4 Å². The third-order valence-electron chi connectivity index (χ3n) is 7.03. The van der Waals surface area contributed by atoms with Crippen LogP contribution in [0.3, 0.4) is 0 Å². The van der Waals surface area contributed by atoms with Crippen LogP contribution in [0.5, 0.6) is 0 Å². The molecule has 1 saturated heterocycles. The van der Waals surface area contributed by atoms with Gasteiger partial charge in [-0.3, -0.25) is 4.79 Å². The number of aromatic nitrogens is 2. The molecule has 4 atom stereocenters. The van der Waals surface area contributed by atoms with Crippen LogP contribution in [-0.2, 0) is 0 Å².